The van der Waals surface area contributed by atoms with E-state index in [9.17, 15) is 9.59 Å². The van der Waals surface area contributed by atoms with Gasteiger partial charge in [0, 0.05) is 24.3 Å². The number of rotatable bonds is 10. The molecule has 6 nitrogen and oxygen atoms in total. The summed E-state index contributed by atoms with van der Waals surface area (Å²) in [7, 11) is 1.64. The van der Waals surface area contributed by atoms with E-state index >= 15 is 0 Å². The monoisotopic (exact) mass is 445 g/mol. The van der Waals surface area contributed by atoms with Gasteiger partial charge in [-0.2, -0.15) is 0 Å². The Balaban J connectivity index is 1.69. The molecule has 2 amide bonds. The fourth-order valence-corrected chi connectivity index (χ4v) is 3.69. The molecule has 3 aromatic carbocycles. The second kappa shape index (κ2) is 11.8. The molecule has 1 atom stereocenters. The SMILES string of the molecule is CCN(CC)C(=O)c1cccc(NC(=O)CN[C@@H](c2ccccc2)c2ccc(OC)cc2)c1. The Morgan fingerprint density at radius 1 is 0.879 bits per heavy atom. The molecular formula is C27H31N3O3. The number of methoxy groups -OCH3 is 1. The highest BCUT2D eigenvalue weighted by molar-refractivity contribution is 5.97. The molecule has 33 heavy (non-hydrogen) atoms. The molecular weight excluding hydrogens is 414 g/mol. The third-order valence-corrected chi connectivity index (χ3v) is 5.49. The van der Waals surface area contributed by atoms with Gasteiger partial charge in [-0.15, -0.1) is 0 Å². The van der Waals surface area contributed by atoms with Crippen molar-refractivity contribution in [2.75, 3.05) is 32.1 Å². The highest BCUT2D eigenvalue weighted by atomic mass is 16.5. The topological polar surface area (TPSA) is 70.7 Å². The maximum Gasteiger partial charge on any atom is 0.253 e. The maximum atomic E-state index is 12.7. The van der Waals surface area contributed by atoms with Gasteiger partial charge in [0.25, 0.3) is 5.91 Å². The van der Waals surface area contributed by atoms with Gasteiger partial charge in [0.15, 0.2) is 0 Å². The number of hydrogen-bond donors (Lipinski definition) is 2. The fourth-order valence-electron chi connectivity index (χ4n) is 3.69. The van der Waals surface area contributed by atoms with Crippen LogP contribution in [0.3, 0.4) is 0 Å². The van der Waals surface area contributed by atoms with Crippen molar-refractivity contribution in [3.8, 4) is 5.75 Å². The van der Waals surface area contributed by atoms with Crippen LogP contribution in [-0.4, -0.2) is 43.5 Å². The quantitative estimate of drug-likeness (QED) is 0.482. The van der Waals surface area contributed by atoms with Crippen molar-refractivity contribution in [2.24, 2.45) is 0 Å². The summed E-state index contributed by atoms with van der Waals surface area (Å²) in [5.41, 5.74) is 3.24. The summed E-state index contributed by atoms with van der Waals surface area (Å²) in [4.78, 5) is 27.1. The van der Waals surface area contributed by atoms with E-state index in [1.54, 1.807) is 36.3 Å². The van der Waals surface area contributed by atoms with E-state index in [1.165, 1.54) is 0 Å². The molecule has 0 bridgehead atoms. The number of amides is 2. The number of carbonyl (C=O) groups is 2. The van der Waals surface area contributed by atoms with Gasteiger partial charge in [0.2, 0.25) is 5.91 Å². The average molecular weight is 446 g/mol. The zero-order chi connectivity index (χ0) is 23.6. The summed E-state index contributed by atoms with van der Waals surface area (Å²) in [5, 5.41) is 6.25. The van der Waals surface area contributed by atoms with Crippen LogP contribution in [0.1, 0.15) is 41.4 Å². The first-order valence-corrected chi connectivity index (χ1v) is 11.2. The molecule has 3 rings (SSSR count). The van der Waals surface area contributed by atoms with Crippen molar-refractivity contribution in [1.29, 1.82) is 0 Å². The Hall–Kier alpha value is -3.64. The average Bonchev–Trinajstić information content (AvgIpc) is 2.86. The maximum absolute atomic E-state index is 12.7. The first kappa shape index (κ1) is 24.0. The Labute approximate surface area is 195 Å². The van der Waals surface area contributed by atoms with Crippen molar-refractivity contribution in [3.63, 3.8) is 0 Å². The summed E-state index contributed by atoms with van der Waals surface area (Å²) in [6.45, 7) is 5.29. The van der Waals surface area contributed by atoms with Crippen LogP contribution in [0.2, 0.25) is 0 Å². The van der Waals surface area contributed by atoms with Crippen LogP contribution in [0.4, 0.5) is 5.69 Å². The van der Waals surface area contributed by atoms with E-state index in [0.29, 0.717) is 24.3 Å². The van der Waals surface area contributed by atoms with E-state index in [1.807, 2.05) is 68.4 Å². The zero-order valence-corrected chi connectivity index (χ0v) is 19.4. The second-order valence-corrected chi connectivity index (χ2v) is 7.60. The first-order valence-electron chi connectivity index (χ1n) is 11.2. The number of nitrogens with one attached hydrogen (secondary N) is 2. The van der Waals surface area contributed by atoms with Gasteiger partial charge < -0.3 is 15.0 Å². The largest absolute Gasteiger partial charge is 0.497 e. The molecule has 0 fully saturated rings. The van der Waals surface area contributed by atoms with Crippen LogP contribution in [0.5, 0.6) is 5.75 Å². The van der Waals surface area contributed by atoms with Crippen LogP contribution in [0.15, 0.2) is 78.9 Å². The first-order chi connectivity index (χ1) is 16.0. The number of ether oxygens (including phenoxy) is 1. The van der Waals surface area contributed by atoms with E-state index in [-0.39, 0.29) is 24.4 Å². The number of anilines is 1. The lowest BCUT2D eigenvalue weighted by Crippen LogP contribution is -2.32. The highest BCUT2D eigenvalue weighted by Gasteiger charge is 2.16. The molecule has 2 N–H and O–H groups in total. The Bertz CT molecular complexity index is 1050. The molecule has 0 aliphatic rings. The summed E-state index contributed by atoms with van der Waals surface area (Å²) < 4.78 is 5.26. The van der Waals surface area contributed by atoms with Gasteiger partial charge in [-0.25, -0.2) is 0 Å². The van der Waals surface area contributed by atoms with Crippen molar-refractivity contribution < 1.29 is 14.3 Å². The van der Waals surface area contributed by atoms with E-state index in [0.717, 1.165) is 16.9 Å². The third-order valence-electron chi connectivity index (χ3n) is 5.49. The van der Waals surface area contributed by atoms with Crippen LogP contribution >= 0.6 is 0 Å². The van der Waals surface area contributed by atoms with Gasteiger partial charge in [-0.1, -0.05) is 48.5 Å². The summed E-state index contributed by atoms with van der Waals surface area (Å²) in [6.07, 6.45) is 0. The van der Waals surface area contributed by atoms with Gasteiger partial charge in [0.1, 0.15) is 5.75 Å². The number of benzene rings is 3. The standard InChI is InChI=1S/C27H31N3O3/c1-4-30(5-2)27(32)22-12-9-13-23(18-22)29-25(31)19-28-26(20-10-7-6-8-11-20)21-14-16-24(33-3)17-15-21/h6-18,26,28H,4-5,19H2,1-3H3,(H,29,31)/t26-/m0/s1. The Morgan fingerprint density at radius 3 is 2.18 bits per heavy atom. The molecule has 0 aliphatic carbocycles. The molecule has 172 valence electrons. The summed E-state index contributed by atoms with van der Waals surface area (Å²) in [5.74, 6) is 0.553. The molecule has 3 aromatic rings. The fraction of sp³-hybridized carbons (Fsp3) is 0.259. The second-order valence-electron chi connectivity index (χ2n) is 7.60. The Kier molecular flexibility index (Phi) is 8.61. The van der Waals surface area contributed by atoms with E-state index in [2.05, 4.69) is 10.6 Å². The molecule has 0 spiro atoms. The predicted octanol–water partition coefficient (Wildman–Crippen LogP) is 4.49. The third kappa shape index (κ3) is 6.43. The van der Waals surface area contributed by atoms with Gasteiger partial charge >= 0.3 is 0 Å². The lowest BCUT2D eigenvalue weighted by atomic mass is 9.98. The predicted molar refractivity (Wildman–Crippen MR) is 132 cm³/mol. The van der Waals surface area contributed by atoms with E-state index in [4.69, 9.17) is 4.74 Å². The van der Waals surface area contributed by atoms with Crippen molar-refractivity contribution in [1.82, 2.24) is 10.2 Å². The van der Waals surface area contributed by atoms with Crippen LogP contribution in [0, 0.1) is 0 Å². The minimum atomic E-state index is -0.183. The lowest BCUT2D eigenvalue weighted by molar-refractivity contribution is -0.115. The molecule has 0 aromatic heterocycles. The van der Waals surface area contributed by atoms with Crippen LogP contribution in [0.25, 0.3) is 0 Å². The molecule has 0 saturated heterocycles. The molecule has 0 heterocycles. The smallest absolute Gasteiger partial charge is 0.253 e. The highest BCUT2D eigenvalue weighted by Crippen LogP contribution is 2.24. The van der Waals surface area contributed by atoms with Crippen LogP contribution in [-0.2, 0) is 4.79 Å². The van der Waals surface area contributed by atoms with Gasteiger partial charge in [0.05, 0.1) is 19.7 Å². The molecule has 0 saturated carbocycles. The molecule has 0 radical (unpaired) electrons. The van der Waals surface area contributed by atoms with Gasteiger partial charge in [-0.05, 0) is 55.3 Å². The van der Waals surface area contributed by atoms with Crippen molar-refractivity contribution in [3.05, 3.63) is 95.6 Å². The molecule has 0 aliphatic heterocycles. The van der Waals surface area contributed by atoms with Crippen molar-refractivity contribution >= 4 is 17.5 Å². The number of hydrogen-bond acceptors (Lipinski definition) is 4. The van der Waals surface area contributed by atoms with E-state index < -0.39 is 0 Å². The zero-order valence-electron chi connectivity index (χ0n) is 19.4. The summed E-state index contributed by atoms with van der Waals surface area (Å²) >= 11 is 0. The normalized spacial score (nSPS) is 11.5. The Morgan fingerprint density at radius 2 is 1.55 bits per heavy atom. The lowest BCUT2D eigenvalue weighted by Gasteiger charge is -2.20. The molecule has 0 unspecified atom stereocenters. The number of nitrogens with zero attached hydrogens (tertiary/aromatic N) is 1. The van der Waals surface area contributed by atoms with Crippen LogP contribution < -0.4 is 15.4 Å². The summed E-state index contributed by atoms with van der Waals surface area (Å²) in [6, 6.07) is 24.7. The van der Waals surface area contributed by atoms with Crippen molar-refractivity contribution in [2.45, 2.75) is 19.9 Å². The minimum Gasteiger partial charge on any atom is -0.497 e. The minimum absolute atomic E-state index is 0.0436. The number of carbonyl (C=O) groups excluding carboxylic acids is 2. The van der Waals surface area contributed by atoms with Gasteiger partial charge in [-0.3, -0.25) is 14.9 Å². The molecule has 6 heteroatoms.